The van der Waals surface area contributed by atoms with Crippen LogP contribution >= 0.6 is 0 Å². The monoisotopic (exact) mass is 418 g/mol. The Labute approximate surface area is 131 Å². The van der Waals surface area contributed by atoms with Crippen LogP contribution in [-0.2, 0) is 28.6 Å². The Bertz CT molecular complexity index is 564. The van der Waals surface area contributed by atoms with Gasteiger partial charge in [0.15, 0.2) is 6.29 Å². The van der Waals surface area contributed by atoms with Crippen LogP contribution in [0.4, 0.5) is 35.1 Å². The van der Waals surface area contributed by atoms with E-state index < -0.39 is 56.3 Å². The summed E-state index contributed by atoms with van der Waals surface area (Å²) in [5.74, 6) is 0. The molecule has 0 aromatic rings. The number of hydrogen-bond donors (Lipinski definition) is 0. The maximum Gasteiger partial charge on any atom is 0.428 e. The van der Waals surface area contributed by atoms with Crippen LogP contribution in [0.2, 0.25) is 0 Å². The van der Waals surface area contributed by atoms with Crippen molar-refractivity contribution in [1.29, 1.82) is 0 Å². The first kappa shape index (κ1) is 23.3. The highest BCUT2D eigenvalue weighted by Crippen LogP contribution is 2.35. The lowest BCUT2D eigenvalue weighted by Crippen LogP contribution is -2.43. The van der Waals surface area contributed by atoms with Gasteiger partial charge in [-0.2, -0.15) is 34.4 Å². The molecule has 0 atom stereocenters. The molecule has 16 heteroatoms. The van der Waals surface area contributed by atoms with Crippen molar-refractivity contribution in [2.24, 2.45) is 0 Å². The second-order valence-corrected chi connectivity index (χ2v) is 7.33. The lowest BCUT2D eigenvalue weighted by atomic mass is 10.3. The van der Waals surface area contributed by atoms with Crippen LogP contribution < -0.4 is 0 Å². The SMILES string of the molecule is CCCC(OS(=O)(=O)C(F)(F)C(F)F)OS(=O)(=O)C(F)(F)C(F)F. The highest BCUT2D eigenvalue weighted by atomic mass is 32.2. The summed E-state index contributed by atoms with van der Waals surface area (Å²) in [6.07, 6.45) is -13.9. The molecule has 0 aliphatic rings. The van der Waals surface area contributed by atoms with Gasteiger partial charge in [0.2, 0.25) is 0 Å². The molecule has 0 rings (SSSR count). The number of alkyl halides is 8. The van der Waals surface area contributed by atoms with Crippen molar-refractivity contribution in [3.63, 3.8) is 0 Å². The summed E-state index contributed by atoms with van der Waals surface area (Å²) in [6, 6.07) is 0. The van der Waals surface area contributed by atoms with Crippen LogP contribution in [0.3, 0.4) is 0 Å². The molecule has 0 N–H and O–H groups in total. The first-order chi connectivity index (χ1) is 10.5. The van der Waals surface area contributed by atoms with Crippen molar-refractivity contribution < 1.29 is 60.3 Å². The van der Waals surface area contributed by atoms with Crippen molar-refractivity contribution in [2.75, 3.05) is 0 Å². The van der Waals surface area contributed by atoms with Crippen LogP contribution in [0.5, 0.6) is 0 Å². The molecule has 0 aliphatic heterocycles. The Morgan fingerprint density at radius 2 is 1.08 bits per heavy atom. The van der Waals surface area contributed by atoms with E-state index in [4.69, 9.17) is 0 Å². The first-order valence-corrected chi connectivity index (χ1v) is 8.52. The molecule has 0 radical (unpaired) electrons. The van der Waals surface area contributed by atoms with E-state index in [-0.39, 0.29) is 6.42 Å². The molecule has 0 bridgehead atoms. The van der Waals surface area contributed by atoms with Crippen LogP contribution in [-0.4, -0.2) is 46.5 Å². The minimum atomic E-state index is -6.52. The first-order valence-electron chi connectivity index (χ1n) is 5.70. The highest BCUT2D eigenvalue weighted by molar-refractivity contribution is 7.88. The fourth-order valence-corrected chi connectivity index (χ4v) is 2.56. The Kier molecular flexibility index (Phi) is 7.42. The number of rotatable bonds is 10. The Morgan fingerprint density at radius 1 is 0.792 bits per heavy atom. The fourth-order valence-electron chi connectivity index (χ4n) is 0.977. The van der Waals surface area contributed by atoms with Gasteiger partial charge >= 0.3 is 43.6 Å². The van der Waals surface area contributed by atoms with Crippen LogP contribution in [0, 0.1) is 0 Å². The van der Waals surface area contributed by atoms with Gasteiger partial charge < -0.3 is 0 Å². The smallest absolute Gasteiger partial charge is 0.232 e. The summed E-state index contributed by atoms with van der Waals surface area (Å²) >= 11 is 0. The summed E-state index contributed by atoms with van der Waals surface area (Å²) in [6.45, 7) is 1.13. The molecule has 0 fully saturated rings. The van der Waals surface area contributed by atoms with E-state index in [1.165, 1.54) is 0 Å². The average molecular weight is 418 g/mol. The summed E-state index contributed by atoms with van der Waals surface area (Å²) < 4.78 is 150. The lowest BCUT2D eigenvalue weighted by Gasteiger charge is -2.23. The van der Waals surface area contributed by atoms with Crippen molar-refractivity contribution in [3.8, 4) is 0 Å². The van der Waals surface area contributed by atoms with Crippen LogP contribution in [0.15, 0.2) is 0 Å². The fraction of sp³-hybridized carbons (Fsp3) is 1.00. The van der Waals surface area contributed by atoms with E-state index in [1.807, 2.05) is 0 Å². The molecule has 0 aromatic carbocycles. The van der Waals surface area contributed by atoms with Gasteiger partial charge in [-0.15, -0.1) is 0 Å². The molecule has 0 heterocycles. The van der Waals surface area contributed by atoms with Gasteiger partial charge in [0.05, 0.1) is 0 Å². The predicted molar refractivity (Wildman–Crippen MR) is 60.6 cm³/mol. The molecule has 0 aliphatic carbocycles. The summed E-state index contributed by atoms with van der Waals surface area (Å²) in [7, 11) is -13.0. The normalized spacial score (nSPS) is 14.8. The molecule has 0 amide bonds. The molecular formula is C8H10F8O6S2. The van der Waals surface area contributed by atoms with Gasteiger partial charge in [0, 0.05) is 6.42 Å². The van der Waals surface area contributed by atoms with Gasteiger partial charge in [-0.25, -0.2) is 25.9 Å². The number of hydrogen-bond acceptors (Lipinski definition) is 6. The average Bonchev–Trinajstić information content (AvgIpc) is 2.36. The predicted octanol–water partition coefficient (Wildman–Crippen LogP) is 2.52. The Hall–Kier alpha value is -0.740. The molecule has 0 unspecified atom stereocenters. The quantitative estimate of drug-likeness (QED) is 0.308. The third-order valence-corrected chi connectivity index (χ3v) is 4.79. The Balaban J connectivity index is 5.57. The van der Waals surface area contributed by atoms with Crippen molar-refractivity contribution in [2.45, 2.75) is 49.4 Å². The van der Waals surface area contributed by atoms with Crippen molar-refractivity contribution in [1.82, 2.24) is 0 Å². The summed E-state index contributed by atoms with van der Waals surface area (Å²) in [5, 5.41) is -11.6. The second-order valence-electron chi connectivity index (χ2n) is 4.04. The molecule has 0 saturated heterocycles. The van der Waals surface area contributed by atoms with E-state index in [2.05, 4.69) is 8.37 Å². The maximum absolute atomic E-state index is 12.8. The van der Waals surface area contributed by atoms with E-state index in [9.17, 15) is 52.0 Å². The minimum Gasteiger partial charge on any atom is -0.232 e. The van der Waals surface area contributed by atoms with E-state index in [0.717, 1.165) is 6.92 Å². The molecule has 146 valence electrons. The van der Waals surface area contributed by atoms with Crippen LogP contribution in [0.1, 0.15) is 19.8 Å². The van der Waals surface area contributed by atoms with Gasteiger partial charge in [0.1, 0.15) is 0 Å². The molecule has 6 nitrogen and oxygen atoms in total. The molecular weight excluding hydrogens is 408 g/mol. The summed E-state index contributed by atoms with van der Waals surface area (Å²) in [5.41, 5.74) is 0. The van der Waals surface area contributed by atoms with E-state index in [1.54, 1.807) is 0 Å². The zero-order chi connectivity index (χ0) is 19.6. The van der Waals surface area contributed by atoms with Gasteiger partial charge in [0.25, 0.3) is 0 Å². The third-order valence-electron chi connectivity index (χ3n) is 2.17. The van der Waals surface area contributed by atoms with Crippen molar-refractivity contribution in [3.05, 3.63) is 0 Å². The maximum atomic E-state index is 12.8. The largest absolute Gasteiger partial charge is 0.428 e. The molecule has 0 saturated carbocycles. The molecule has 0 spiro atoms. The van der Waals surface area contributed by atoms with E-state index in [0.29, 0.717) is 0 Å². The standard InChI is InChI=1S/C8H10F8O6S2/c1-2-3-4(21-23(17,18)7(13,14)5(9)10)22-24(19,20)8(15,16)6(11)12/h4-6H,2-3H2,1H3. The van der Waals surface area contributed by atoms with Gasteiger partial charge in [-0.1, -0.05) is 13.3 Å². The topological polar surface area (TPSA) is 86.7 Å². The third kappa shape index (κ3) is 4.89. The van der Waals surface area contributed by atoms with Crippen molar-refractivity contribution >= 4 is 20.2 Å². The van der Waals surface area contributed by atoms with Gasteiger partial charge in [-0.05, 0) is 0 Å². The second kappa shape index (κ2) is 7.65. The van der Waals surface area contributed by atoms with Crippen LogP contribution in [0.25, 0.3) is 0 Å². The summed E-state index contributed by atoms with van der Waals surface area (Å²) in [4.78, 5) is 0. The van der Waals surface area contributed by atoms with Gasteiger partial charge in [-0.3, -0.25) is 0 Å². The zero-order valence-electron chi connectivity index (χ0n) is 11.4. The molecule has 0 aromatic heterocycles. The molecule has 24 heavy (non-hydrogen) atoms. The zero-order valence-corrected chi connectivity index (χ0v) is 13.1. The lowest BCUT2D eigenvalue weighted by molar-refractivity contribution is -0.0936. The minimum absolute atomic E-state index is 0.337. The van der Waals surface area contributed by atoms with E-state index >= 15 is 0 Å². The Morgan fingerprint density at radius 3 is 1.29 bits per heavy atom. The highest BCUT2D eigenvalue weighted by Gasteiger charge is 2.59. The number of halogens is 8.